The van der Waals surface area contributed by atoms with Crippen molar-refractivity contribution in [2.75, 3.05) is 13.2 Å². The van der Waals surface area contributed by atoms with Crippen molar-refractivity contribution in [2.45, 2.75) is 13.0 Å². The predicted molar refractivity (Wildman–Crippen MR) is 59.8 cm³/mol. The quantitative estimate of drug-likeness (QED) is 0.767. The molecule has 1 heterocycles. The molecule has 0 aliphatic carbocycles. The fourth-order valence-corrected chi connectivity index (χ4v) is 1.72. The Bertz CT molecular complexity index is 455. The van der Waals surface area contributed by atoms with Crippen molar-refractivity contribution in [3.05, 3.63) is 24.3 Å². The Morgan fingerprint density at radius 1 is 1.25 bits per heavy atom. The van der Waals surface area contributed by atoms with Crippen LogP contribution in [0.1, 0.15) is 6.42 Å². The van der Waals surface area contributed by atoms with Crippen molar-refractivity contribution in [1.29, 1.82) is 0 Å². The monoisotopic (exact) mass is 221 g/mol. The number of fused-ring (bicyclic) bond motifs is 1. The molecule has 1 atom stereocenters. The van der Waals surface area contributed by atoms with Gasteiger partial charge in [0.25, 0.3) is 0 Å². The van der Waals surface area contributed by atoms with Gasteiger partial charge in [-0.2, -0.15) is 0 Å². The third-order valence-electron chi connectivity index (χ3n) is 2.65. The van der Waals surface area contributed by atoms with Crippen molar-refractivity contribution < 1.29 is 10.2 Å². The second-order valence-electron chi connectivity index (χ2n) is 3.82. The zero-order valence-electron chi connectivity index (χ0n) is 8.95. The Morgan fingerprint density at radius 2 is 2.06 bits per heavy atom. The number of aliphatic hydroxyl groups is 2. The molecule has 2 aromatic rings. The van der Waals surface area contributed by atoms with Gasteiger partial charge in [0.05, 0.1) is 5.52 Å². The SMILES string of the molecule is OCCC(CO)Cn1nnc2ccccc21. The molecule has 86 valence electrons. The maximum absolute atomic E-state index is 9.16. The van der Waals surface area contributed by atoms with E-state index in [1.165, 1.54) is 0 Å². The maximum atomic E-state index is 9.16. The van der Waals surface area contributed by atoms with E-state index in [4.69, 9.17) is 10.2 Å². The molecule has 0 fully saturated rings. The first-order valence-corrected chi connectivity index (χ1v) is 5.35. The molecule has 0 bridgehead atoms. The average molecular weight is 221 g/mol. The van der Waals surface area contributed by atoms with Gasteiger partial charge in [0, 0.05) is 25.7 Å². The molecule has 0 aliphatic rings. The summed E-state index contributed by atoms with van der Waals surface area (Å²) in [5.41, 5.74) is 1.81. The van der Waals surface area contributed by atoms with Crippen LogP contribution in [0.15, 0.2) is 24.3 Å². The van der Waals surface area contributed by atoms with Gasteiger partial charge in [-0.3, -0.25) is 0 Å². The summed E-state index contributed by atoms with van der Waals surface area (Å²) in [6.07, 6.45) is 0.574. The zero-order valence-corrected chi connectivity index (χ0v) is 8.95. The molecule has 0 amide bonds. The van der Waals surface area contributed by atoms with Crippen LogP contribution in [0.3, 0.4) is 0 Å². The van der Waals surface area contributed by atoms with E-state index >= 15 is 0 Å². The van der Waals surface area contributed by atoms with Crippen molar-refractivity contribution >= 4 is 11.0 Å². The van der Waals surface area contributed by atoms with E-state index in [2.05, 4.69) is 10.3 Å². The summed E-state index contributed by atoms with van der Waals surface area (Å²) in [5, 5.41) is 26.1. The number of aliphatic hydroxyl groups excluding tert-OH is 2. The number of para-hydroxylation sites is 1. The van der Waals surface area contributed by atoms with Crippen LogP contribution in [0.2, 0.25) is 0 Å². The topological polar surface area (TPSA) is 71.2 Å². The normalized spacial score (nSPS) is 13.1. The van der Waals surface area contributed by atoms with Crippen LogP contribution in [-0.2, 0) is 6.54 Å². The molecule has 5 heteroatoms. The molecule has 0 saturated carbocycles. The predicted octanol–water partition coefficient (Wildman–Crippen LogP) is 0.422. The van der Waals surface area contributed by atoms with Crippen molar-refractivity contribution in [3.63, 3.8) is 0 Å². The first kappa shape index (κ1) is 11.0. The molecule has 0 radical (unpaired) electrons. The third-order valence-corrected chi connectivity index (χ3v) is 2.65. The number of hydrogen-bond donors (Lipinski definition) is 2. The van der Waals surface area contributed by atoms with Gasteiger partial charge < -0.3 is 10.2 Å². The Labute approximate surface area is 93.3 Å². The average Bonchev–Trinajstić information content (AvgIpc) is 2.72. The molecule has 0 aliphatic heterocycles. The van der Waals surface area contributed by atoms with Crippen LogP contribution in [0.5, 0.6) is 0 Å². The fourth-order valence-electron chi connectivity index (χ4n) is 1.72. The van der Waals surface area contributed by atoms with Gasteiger partial charge in [-0.1, -0.05) is 17.3 Å². The fraction of sp³-hybridized carbons (Fsp3) is 0.455. The Hall–Kier alpha value is -1.46. The van der Waals surface area contributed by atoms with Crippen molar-refractivity contribution in [1.82, 2.24) is 15.0 Å². The van der Waals surface area contributed by atoms with Crippen LogP contribution >= 0.6 is 0 Å². The summed E-state index contributed by atoms with van der Waals surface area (Å²) in [6, 6.07) is 7.70. The van der Waals surface area contributed by atoms with Gasteiger partial charge >= 0.3 is 0 Å². The standard InChI is InChI=1S/C11H15N3O2/c15-6-5-9(8-16)7-14-11-4-2-1-3-10(11)12-13-14/h1-4,9,15-16H,5-8H2. The van der Waals surface area contributed by atoms with E-state index < -0.39 is 0 Å². The van der Waals surface area contributed by atoms with E-state index in [1.807, 2.05) is 24.3 Å². The molecule has 2 N–H and O–H groups in total. The van der Waals surface area contributed by atoms with E-state index in [0.29, 0.717) is 13.0 Å². The van der Waals surface area contributed by atoms with Gasteiger partial charge in [-0.25, -0.2) is 4.68 Å². The highest BCUT2D eigenvalue weighted by Gasteiger charge is 2.11. The second kappa shape index (κ2) is 5.05. The Morgan fingerprint density at radius 3 is 2.81 bits per heavy atom. The van der Waals surface area contributed by atoms with Gasteiger partial charge in [0.1, 0.15) is 5.52 Å². The molecule has 5 nitrogen and oxygen atoms in total. The molecule has 0 saturated heterocycles. The smallest absolute Gasteiger partial charge is 0.113 e. The van der Waals surface area contributed by atoms with E-state index in [1.54, 1.807) is 4.68 Å². The minimum absolute atomic E-state index is 0.0232. The van der Waals surface area contributed by atoms with Gasteiger partial charge in [0.15, 0.2) is 0 Å². The molecule has 2 rings (SSSR count). The lowest BCUT2D eigenvalue weighted by Crippen LogP contribution is -2.17. The highest BCUT2D eigenvalue weighted by molar-refractivity contribution is 5.73. The molecular weight excluding hydrogens is 206 g/mol. The number of hydrogen-bond acceptors (Lipinski definition) is 4. The van der Waals surface area contributed by atoms with E-state index in [9.17, 15) is 0 Å². The minimum atomic E-state index is 0.0232. The highest BCUT2D eigenvalue weighted by Crippen LogP contribution is 2.13. The lowest BCUT2D eigenvalue weighted by molar-refractivity contribution is 0.168. The summed E-state index contributed by atoms with van der Waals surface area (Å²) in [7, 11) is 0. The number of rotatable bonds is 5. The van der Waals surface area contributed by atoms with Crippen molar-refractivity contribution in [2.24, 2.45) is 5.92 Å². The molecular formula is C11H15N3O2. The summed E-state index contributed by atoms with van der Waals surface area (Å²) in [4.78, 5) is 0. The van der Waals surface area contributed by atoms with E-state index in [0.717, 1.165) is 11.0 Å². The van der Waals surface area contributed by atoms with E-state index in [-0.39, 0.29) is 19.1 Å². The lowest BCUT2D eigenvalue weighted by Gasteiger charge is -2.12. The van der Waals surface area contributed by atoms with Crippen LogP contribution < -0.4 is 0 Å². The van der Waals surface area contributed by atoms with Gasteiger partial charge in [0.2, 0.25) is 0 Å². The van der Waals surface area contributed by atoms with Crippen LogP contribution in [0.4, 0.5) is 0 Å². The second-order valence-corrected chi connectivity index (χ2v) is 3.82. The largest absolute Gasteiger partial charge is 0.396 e. The van der Waals surface area contributed by atoms with Crippen LogP contribution in [0, 0.1) is 5.92 Å². The number of aromatic nitrogens is 3. The van der Waals surface area contributed by atoms with Crippen LogP contribution in [-0.4, -0.2) is 38.4 Å². The first-order chi connectivity index (χ1) is 7.85. The Balaban J connectivity index is 2.20. The minimum Gasteiger partial charge on any atom is -0.396 e. The molecule has 1 aromatic carbocycles. The molecule has 1 aromatic heterocycles. The Kier molecular flexibility index (Phi) is 3.48. The first-order valence-electron chi connectivity index (χ1n) is 5.35. The zero-order chi connectivity index (χ0) is 11.4. The van der Waals surface area contributed by atoms with Gasteiger partial charge in [-0.15, -0.1) is 5.10 Å². The number of nitrogens with zero attached hydrogens (tertiary/aromatic N) is 3. The van der Waals surface area contributed by atoms with Crippen molar-refractivity contribution in [3.8, 4) is 0 Å². The third kappa shape index (κ3) is 2.20. The molecule has 0 spiro atoms. The summed E-state index contributed by atoms with van der Waals surface area (Å²) in [5.74, 6) is 0.0232. The van der Waals surface area contributed by atoms with Gasteiger partial charge in [-0.05, 0) is 18.6 Å². The molecule has 16 heavy (non-hydrogen) atoms. The maximum Gasteiger partial charge on any atom is 0.113 e. The molecule has 1 unspecified atom stereocenters. The number of benzene rings is 1. The summed E-state index contributed by atoms with van der Waals surface area (Å²) in [6.45, 7) is 0.712. The summed E-state index contributed by atoms with van der Waals surface area (Å²) < 4.78 is 1.77. The van der Waals surface area contributed by atoms with Crippen LogP contribution in [0.25, 0.3) is 11.0 Å². The lowest BCUT2D eigenvalue weighted by atomic mass is 10.1. The summed E-state index contributed by atoms with van der Waals surface area (Å²) >= 11 is 0. The highest BCUT2D eigenvalue weighted by atomic mass is 16.3.